The number of hydrogen-bond donors (Lipinski definition) is 1. The fourth-order valence-electron chi connectivity index (χ4n) is 3.30. The minimum absolute atomic E-state index is 0.179. The number of rotatable bonds is 5. The number of aliphatic hydroxyl groups is 1. The van der Waals surface area contributed by atoms with Crippen LogP contribution in [0, 0.1) is 5.92 Å². The van der Waals surface area contributed by atoms with Gasteiger partial charge < -0.3 is 14.9 Å². The molecule has 0 aromatic carbocycles. The SMILES string of the molecule is CC(C)C1CN(CCN2CCC(O)C2)C(=O)N1C(C)C. The molecule has 2 rings (SSSR count). The normalized spacial score (nSPS) is 28.4. The van der Waals surface area contributed by atoms with Crippen LogP contribution in [0.2, 0.25) is 0 Å². The summed E-state index contributed by atoms with van der Waals surface area (Å²) in [7, 11) is 0. The number of carbonyl (C=O) groups is 1. The second-order valence-electron chi connectivity index (χ2n) is 6.78. The van der Waals surface area contributed by atoms with Gasteiger partial charge in [-0.25, -0.2) is 4.79 Å². The summed E-state index contributed by atoms with van der Waals surface area (Å²) >= 11 is 0. The molecule has 2 fully saturated rings. The van der Waals surface area contributed by atoms with Gasteiger partial charge in [-0.2, -0.15) is 0 Å². The lowest BCUT2D eigenvalue weighted by Gasteiger charge is -2.29. The second-order valence-corrected chi connectivity index (χ2v) is 6.78. The Morgan fingerprint density at radius 3 is 2.35 bits per heavy atom. The van der Waals surface area contributed by atoms with Crippen molar-refractivity contribution in [3.63, 3.8) is 0 Å². The minimum atomic E-state index is -0.181. The lowest BCUT2D eigenvalue weighted by molar-refractivity contribution is 0.158. The molecular formula is C15H29N3O2. The molecule has 0 radical (unpaired) electrons. The van der Waals surface area contributed by atoms with Gasteiger partial charge >= 0.3 is 6.03 Å². The van der Waals surface area contributed by atoms with Crippen LogP contribution in [0.3, 0.4) is 0 Å². The second kappa shape index (κ2) is 6.31. The number of likely N-dealkylation sites (tertiary alicyclic amines) is 1. The lowest BCUT2D eigenvalue weighted by atomic mass is 10.0. The maximum Gasteiger partial charge on any atom is 0.320 e. The van der Waals surface area contributed by atoms with E-state index in [1.54, 1.807) is 0 Å². The summed E-state index contributed by atoms with van der Waals surface area (Å²) in [5.74, 6) is 0.486. The van der Waals surface area contributed by atoms with Gasteiger partial charge in [0.1, 0.15) is 0 Å². The van der Waals surface area contributed by atoms with Gasteiger partial charge in [-0.15, -0.1) is 0 Å². The van der Waals surface area contributed by atoms with Crippen molar-refractivity contribution in [1.82, 2.24) is 14.7 Å². The predicted molar refractivity (Wildman–Crippen MR) is 79.6 cm³/mol. The highest BCUT2D eigenvalue weighted by atomic mass is 16.3. The van der Waals surface area contributed by atoms with E-state index in [4.69, 9.17) is 0 Å². The third-order valence-corrected chi connectivity index (χ3v) is 4.52. The van der Waals surface area contributed by atoms with Crippen molar-refractivity contribution >= 4 is 6.03 Å². The molecule has 0 aliphatic carbocycles. The Morgan fingerprint density at radius 2 is 1.90 bits per heavy atom. The molecule has 2 aliphatic rings. The predicted octanol–water partition coefficient (Wildman–Crippen LogP) is 1.22. The summed E-state index contributed by atoms with van der Waals surface area (Å²) in [6.45, 7) is 12.7. The van der Waals surface area contributed by atoms with E-state index in [0.717, 1.165) is 39.1 Å². The molecule has 0 aromatic heterocycles. The number of hydrogen-bond acceptors (Lipinski definition) is 3. The highest BCUT2D eigenvalue weighted by molar-refractivity contribution is 5.77. The Morgan fingerprint density at radius 1 is 1.20 bits per heavy atom. The van der Waals surface area contributed by atoms with Crippen LogP contribution in [0.5, 0.6) is 0 Å². The molecule has 2 saturated heterocycles. The molecule has 2 unspecified atom stereocenters. The van der Waals surface area contributed by atoms with Crippen LogP contribution in [-0.2, 0) is 0 Å². The molecular weight excluding hydrogens is 254 g/mol. The highest BCUT2D eigenvalue weighted by Gasteiger charge is 2.39. The summed E-state index contributed by atoms with van der Waals surface area (Å²) in [6, 6.07) is 0.763. The monoisotopic (exact) mass is 283 g/mol. The number of carbonyl (C=O) groups excluding carboxylic acids is 1. The van der Waals surface area contributed by atoms with E-state index in [9.17, 15) is 9.90 Å². The zero-order valence-corrected chi connectivity index (χ0v) is 13.2. The smallest absolute Gasteiger partial charge is 0.320 e. The van der Waals surface area contributed by atoms with Crippen LogP contribution in [0.1, 0.15) is 34.1 Å². The molecule has 2 atom stereocenters. The first-order valence-electron chi connectivity index (χ1n) is 7.87. The minimum Gasteiger partial charge on any atom is -0.392 e. The molecule has 1 N–H and O–H groups in total. The number of urea groups is 1. The first kappa shape index (κ1) is 15.6. The Bertz CT molecular complexity index is 346. The van der Waals surface area contributed by atoms with Gasteiger partial charge in [0.05, 0.1) is 12.1 Å². The molecule has 2 aliphatic heterocycles. The van der Waals surface area contributed by atoms with E-state index < -0.39 is 0 Å². The van der Waals surface area contributed by atoms with Gasteiger partial charge in [0, 0.05) is 38.8 Å². The molecule has 5 heteroatoms. The average Bonchev–Trinajstić information content (AvgIpc) is 2.90. The number of amides is 2. The quantitative estimate of drug-likeness (QED) is 0.825. The summed E-state index contributed by atoms with van der Waals surface area (Å²) in [6.07, 6.45) is 0.681. The van der Waals surface area contributed by atoms with Crippen LogP contribution in [0.25, 0.3) is 0 Å². The van der Waals surface area contributed by atoms with E-state index in [0.29, 0.717) is 12.0 Å². The van der Waals surface area contributed by atoms with Crippen molar-refractivity contribution in [3.05, 3.63) is 0 Å². The van der Waals surface area contributed by atoms with Crippen molar-refractivity contribution in [3.8, 4) is 0 Å². The van der Waals surface area contributed by atoms with E-state index >= 15 is 0 Å². The maximum absolute atomic E-state index is 12.5. The maximum atomic E-state index is 12.5. The Balaban J connectivity index is 1.90. The molecule has 0 spiro atoms. The number of aliphatic hydroxyl groups excluding tert-OH is 1. The van der Waals surface area contributed by atoms with Gasteiger partial charge in [0.15, 0.2) is 0 Å². The largest absolute Gasteiger partial charge is 0.392 e. The number of β-amino-alcohol motifs (C(OH)–C–C–N with tert-alkyl or cyclic N) is 1. The van der Waals surface area contributed by atoms with E-state index in [1.165, 1.54) is 0 Å². The van der Waals surface area contributed by atoms with Crippen LogP contribution < -0.4 is 0 Å². The highest BCUT2D eigenvalue weighted by Crippen LogP contribution is 2.24. The topological polar surface area (TPSA) is 47.0 Å². The van der Waals surface area contributed by atoms with Crippen molar-refractivity contribution in [2.75, 3.05) is 32.7 Å². The Hall–Kier alpha value is -0.810. The lowest BCUT2D eigenvalue weighted by Crippen LogP contribution is -2.43. The summed E-state index contributed by atoms with van der Waals surface area (Å²) < 4.78 is 0. The molecule has 2 heterocycles. The van der Waals surface area contributed by atoms with Crippen LogP contribution >= 0.6 is 0 Å². The fraction of sp³-hybridized carbons (Fsp3) is 0.933. The molecule has 0 aromatic rings. The fourth-order valence-corrected chi connectivity index (χ4v) is 3.30. The molecule has 116 valence electrons. The van der Waals surface area contributed by atoms with Gasteiger partial charge in [-0.1, -0.05) is 13.8 Å². The summed E-state index contributed by atoms with van der Waals surface area (Å²) in [5.41, 5.74) is 0. The van der Waals surface area contributed by atoms with Crippen LogP contribution in [-0.4, -0.2) is 76.7 Å². The number of nitrogens with zero attached hydrogens (tertiary/aromatic N) is 3. The zero-order chi connectivity index (χ0) is 14.9. The van der Waals surface area contributed by atoms with Gasteiger partial charge in [0.2, 0.25) is 0 Å². The standard InChI is InChI=1S/C15H29N3O2/c1-11(2)14-10-17(15(20)18(14)12(3)4)8-7-16-6-5-13(19)9-16/h11-14,19H,5-10H2,1-4H3. The van der Waals surface area contributed by atoms with Gasteiger partial charge in [-0.05, 0) is 26.2 Å². The van der Waals surface area contributed by atoms with Gasteiger partial charge in [-0.3, -0.25) is 4.90 Å². The molecule has 5 nitrogen and oxygen atoms in total. The van der Waals surface area contributed by atoms with Crippen LogP contribution in [0.4, 0.5) is 4.79 Å². The summed E-state index contributed by atoms with van der Waals surface area (Å²) in [5, 5.41) is 9.54. The Labute approximate surface area is 122 Å². The third kappa shape index (κ3) is 3.26. The van der Waals surface area contributed by atoms with Gasteiger partial charge in [0.25, 0.3) is 0 Å². The van der Waals surface area contributed by atoms with E-state index in [2.05, 4.69) is 32.6 Å². The van der Waals surface area contributed by atoms with Crippen molar-refractivity contribution in [2.24, 2.45) is 5.92 Å². The molecule has 2 amide bonds. The Kier molecular flexibility index (Phi) is 4.91. The van der Waals surface area contributed by atoms with Crippen molar-refractivity contribution < 1.29 is 9.90 Å². The van der Waals surface area contributed by atoms with E-state index in [1.807, 2.05) is 9.80 Å². The van der Waals surface area contributed by atoms with E-state index in [-0.39, 0.29) is 18.2 Å². The molecule has 0 bridgehead atoms. The first-order chi connectivity index (χ1) is 9.40. The van der Waals surface area contributed by atoms with Crippen molar-refractivity contribution in [2.45, 2.75) is 52.3 Å². The third-order valence-electron chi connectivity index (χ3n) is 4.52. The average molecular weight is 283 g/mol. The molecule has 20 heavy (non-hydrogen) atoms. The molecule has 0 saturated carbocycles. The van der Waals surface area contributed by atoms with Crippen LogP contribution in [0.15, 0.2) is 0 Å². The van der Waals surface area contributed by atoms with Crippen molar-refractivity contribution in [1.29, 1.82) is 0 Å². The zero-order valence-electron chi connectivity index (χ0n) is 13.2. The summed E-state index contributed by atoms with van der Waals surface area (Å²) in [4.78, 5) is 18.8. The first-order valence-corrected chi connectivity index (χ1v) is 7.87.